The van der Waals surface area contributed by atoms with Crippen molar-refractivity contribution in [2.75, 3.05) is 11.9 Å². The zero-order valence-corrected chi connectivity index (χ0v) is 15.5. The minimum atomic E-state index is 0.0463. The van der Waals surface area contributed by atoms with Gasteiger partial charge >= 0.3 is 0 Å². The lowest BCUT2D eigenvalue weighted by molar-refractivity contribution is 0.0770. The summed E-state index contributed by atoms with van der Waals surface area (Å²) in [4.78, 5) is 23.3. The summed E-state index contributed by atoms with van der Waals surface area (Å²) in [6, 6.07) is 5.99. The first-order valence-corrected chi connectivity index (χ1v) is 9.61. The van der Waals surface area contributed by atoms with Gasteiger partial charge in [-0.25, -0.2) is 9.97 Å². The van der Waals surface area contributed by atoms with Crippen molar-refractivity contribution in [1.29, 1.82) is 5.26 Å². The highest BCUT2D eigenvalue weighted by Gasteiger charge is 2.34. The third-order valence-corrected chi connectivity index (χ3v) is 5.80. The maximum Gasteiger partial charge on any atom is 0.257 e. The summed E-state index contributed by atoms with van der Waals surface area (Å²) >= 11 is 6.11. The van der Waals surface area contributed by atoms with Crippen molar-refractivity contribution in [2.45, 2.75) is 38.3 Å². The van der Waals surface area contributed by atoms with Crippen molar-refractivity contribution in [3.05, 3.63) is 51.3 Å². The Bertz CT molecular complexity index is 995. The zero-order valence-electron chi connectivity index (χ0n) is 14.7. The quantitative estimate of drug-likeness (QED) is 0.883. The Morgan fingerprint density at radius 2 is 2.19 bits per heavy atom. The predicted molar refractivity (Wildman–Crippen MR) is 100 cm³/mol. The van der Waals surface area contributed by atoms with Crippen molar-refractivity contribution < 1.29 is 4.79 Å². The second-order valence-corrected chi connectivity index (χ2v) is 8.07. The van der Waals surface area contributed by atoms with E-state index in [1.165, 1.54) is 12.8 Å². The van der Waals surface area contributed by atoms with Crippen LogP contribution in [0.2, 0.25) is 5.02 Å². The van der Waals surface area contributed by atoms with E-state index in [1.54, 1.807) is 12.3 Å². The van der Waals surface area contributed by atoms with Crippen LogP contribution in [0.5, 0.6) is 0 Å². The van der Waals surface area contributed by atoms with Gasteiger partial charge in [0.25, 0.3) is 5.91 Å². The van der Waals surface area contributed by atoms with Gasteiger partial charge in [-0.1, -0.05) is 11.6 Å². The van der Waals surface area contributed by atoms with Crippen LogP contribution in [-0.2, 0) is 19.4 Å². The Balaban J connectivity index is 1.32. The lowest BCUT2D eigenvalue weighted by Crippen LogP contribution is -2.26. The fourth-order valence-corrected chi connectivity index (χ4v) is 4.29. The molecule has 3 aliphatic rings. The van der Waals surface area contributed by atoms with Crippen molar-refractivity contribution >= 4 is 23.5 Å². The first-order chi connectivity index (χ1) is 13.1. The molecule has 0 unspecified atom stereocenters. The number of nitriles is 1. The highest BCUT2D eigenvalue weighted by molar-refractivity contribution is 6.30. The Hall–Kier alpha value is -2.65. The number of halogens is 1. The van der Waals surface area contributed by atoms with Gasteiger partial charge < -0.3 is 10.2 Å². The highest BCUT2D eigenvalue weighted by Crippen LogP contribution is 2.33. The summed E-state index contributed by atoms with van der Waals surface area (Å²) in [5.74, 6) is 1.24. The molecule has 1 aliphatic heterocycles. The van der Waals surface area contributed by atoms with Crippen LogP contribution in [0.4, 0.5) is 5.95 Å². The molecule has 1 aromatic heterocycles. The van der Waals surface area contributed by atoms with Crippen molar-refractivity contribution in [3.63, 3.8) is 0 Å². The Morgan fingerprint density at radius 1 is 1.33 bits per heavy atom. The highest BCUT2D eigenvalue weighted by atomic mass is 35.5. The number of nitrogens with one attached hydrogen (secondary N) is 1. The number of anilines is 1. The average molecular weight is 380 g/mol. The van der Waals surface area contributed by atoms with Crippen LogP contribution < -0.4 is 5.32 Å². The van der Waals surface area contributed by atoms with Crippen LogP contribution in [0, 0.1) is 17.2 Å². The van der Waals surface area contributed by atoms with Gasteiger partial charge in [-0.15, -0.1) is 0 Å². The van der Waals surface area contributed by atoms with Crippen molar-refractivity contribution in [2.24, 2.45) is 5.92 Å². The summed E-state index contributed by atoms with van der Waals surface area (Å²) in [6.07, 6.45) is 5.59. The van der Waals surface area contributed by atoms with Gasteiger partial charge in [0.1, 0.15) is 0 Å². The van der Waals surface area contributed by atoms with Gasteiger partial charge in [-0.3, -0.25) is 4.79 Å². The van der Waals surface area contributed by atoms with Gasteiger partial charge in [0.2, 0.25) is 5.95 Å². The molecule has 1 aromatic carbocycles. The molecule has 5 rings (SSSR count). The topological polar surface area (TPSA) is 81.9 Å². The molecule has 0 radical (unpaired) electrons. The van der Waals surface area contributed by atoms with Gasteiger partial charge in [0, 0.05) is 23.8 Å². The van der Waals surface area contributed by atoms with Gasteiger partial charge in [0.15, 0.2) is 0 Å². The number of rotatable bonds is 4. The van der Waals surface area contributed by atoms with E-state index in [0.717, 1.165) is 36.2 Å². The number of nitrogens with zero attached hydrogens (tertiary/aromatic N) is 4. The van der Waals surface area contributed by atoms with E-state index >= 15 is 0 Å². The third kappa shape index (κ3) is 3.02. The number of benzene rings is 1. The average Bonchev–Trinajstić information content (AvgIpc) is 3.29. The van der Waals surface area contributed by atoms with Crippen LogP contribution in [0.25, 0.3) is 0 Å². The van der Waals surface area contributed by atoms with E-state index < -0.39 is 0 Å². The second-order valence-electron chi connectivity index (χ2n) is 7.64. The minimum Gasteiger partial charge on any atom is -0.351 e. The van der Waals surface area contributed by atoms with Gasteiger partial charge in [0.05, 0.1) is 29.4 Å². The molecule has 1 atom stereocenters. The molecular formula is C20H18ClN5O. The van der Waals surface area contributed by atoms with Crippen LogP contribution in [-0.4, -0.2) is 33.4 Å². The molecule has 0 bridgehead atoms. The zero-order chi connectivity index (χ0) is 18.5. The van der Waals surface area contributed by atoms with E-state index in [1.807, 2.05) is 11.0 Å². The second kappa shape index (κ2) is 6.21. The molecule has 0 spiro atoms. The van der Waals surface area contributed by atoms with E-state index in [0.29, 0.717) is 34.6 Å². The molecule has 0 saturated heterocycles. The van der Waals surface area contributed by atoms with Crippen LogP contribution in [0.15, 0.2) is 18.3 Å². The summed E-state index contributed by atoms with van der Waals surface area (Å²) in [5, 5.41) is 13.3. The number of hydrogen-bond donors (Lipinski definition) is 1. The molecule has 1 fully saturated rings. The number of carbonyl (C=O) groups is 1. The van der Waals surface area contributed by atoms with Gasteiger partial charge in [-0.2, -0.15) is 5.26 Å². The first-order valence-electron chi connectivity index (χ1n) is 9.24. The predicted octanol–water partition coefficient (Wildman–Crippen LogP) is 2.95. The van der Waals surface area contributed by atoms with E-state index in [4.69, 9.17) is 11.6 Å². The number of aromatic nitrogens is 2. The van der Waals surface area contributed by atoms with Gasteiger partial charge in [-0.05, 0) is 54.9 Å². The molecule has 1 N–H and O–H groups in total. The lowest BCUT2D eigenvalue weighted by atomic mass is 10.0. The molecule has 2 aliphatic carbocycles. The SMILES string of the molecule is N#Cc1cc(Cl)cc2c1C[C@@H](Nc1ncc3c(n1)CN(CC1CC1)C3=O)C2. The standard InChI is InChI=1S/C20H18ClN5O/c21-14-3-12-5-15(6-16(12)13(4-14)7-22)24-20-23-8-17-18(25-20)10-26(19(17)27)9-11-1-2-11/h3-4,8,11,15H,1-2,5-6,9-10H2,(H,23,24,25)/t15-/m0/s1. The number of fused-ring (bicyclic) bond motifs is 2. The molecule has 6 nitrogen and oxygen atoms in total. The molecule has 136 valence electrons. The Kier molecular flexibility index (Phi) is 3.80. The molecule has 2 heterocycles. The van der Waals surface area contributed by atoms with Crippen LogP contribution in [0.1, 0.15) is 45.6 Å². The molecular weight excluding hydrogens is 362 g/mol. The van der Waals surface area contributed by atoms with Crippen LogP contribution in [0.3, 0.4) is 0 Å². The number of amides is 1. The first kappa shape index (κ1) is 16.5. The smallest absolute Gasteiger partial charge is 0.257 e. The fraction of sp³-hybridized carbons (Fsp3) is 0.400. The summed E-state index contributed by atoms with van der Waals surface area (Å²) < 4.78 is 0. The summed E-state index contributed by atoms with van der Waals surface area (Å²) in [7, 11) is 0. The minimum absolute atomic E-state index is 0.0463. The summed E-state index contributed by atoms with van der Waals surface area (Å²) in [5.41, 5.74) is 4.21. The monoisotopic (exact) mass is 379 g/mol. The summed E-state index contributed by atoms with van der Waals surface area (Å²) in [6.45, 7) is 1.40. The Morgan fingerprint density at radius 3 is 2.96 bits per heavy atom. The van der Waals surface area contributed by atoms with E-state index in [-0.39, 0.29) is 11.9 Å². The van der Waals surface area contributed by atoms with E-state index in [9.17, 15) is 10.1 Å². The molecule has 1 saturated carbocycles. The lowest BCUT2D eigenvalue weighted by Gasteiger charge is -2.13. The normalized spacial score (nSPS) is 20.4. The largest absolute Gasteiger partial charge is 0.351 e. The number of carbonyl (C=O) groups excluding carboxylic acids is 1. The maximum absolute atomic E-state index is 12.4. The maximum atomic E-state index is 12.4. The Labute approximate surface area is 162 Å². The number of hydrogen-bond acceptors (Lipinski definition) is 5. The van der Waals surface area contributed by atoms with E-state index in [2.05, 4.69) is 21.4 Å². The third-order valence-electron chi connectivity index (χ3n) is 5.58. The molecule has 7 heteroatoms. The molecule has 1 amide bonds. The molecule has 2 aromatic rings. The molecule has 27 heavy (non-hydrogen) atoms. The van der Waals surface area contributed by atoms with Crippen molar-refractivity contribution in [1.82, 2.24) is 14.9 Å². The van der Waals surface area contributed by atoms with Crippen LogP contribution >= 0.6 is 11.6 Å². The fourth-order valence-electron chi connectivity index (χ4n) is 4.05. The van der Waals surface area contributed by atoms with Crippen molar-refractivity contribution in [3.8, 4) is 6.07 Å².